The molecular weight excluding hydrogens is 565 g/mol. The quantitative estimate of drug-likeness (QED) is 0.232. The van der Waals surface area contributed by atoms with Crippen LogP contribution >= 0.6 is 0 Å². The third kappa shape index (κ3) is 8.32. The number of nitrogens with zero attached hydrogens (tertiary/aromatic N) is 4. The highest BCUT2D eigenvalue weighted by Crippen LogP contribution is 2.26. The van der Waals surface area contributed by atoms with Gasteiger partial charge in [-0.15, -0.1) is 0 Å². The van der Waals surface area contributed by atoms with Crippen molar-refractivity contribution in [1.82, 2.24) is 24.8 Å². The molecule has 4 rings (SSSR count). The number of carbonyl (C=O) groups is 2. The molecule has 1 aliphatic rings. The summed E-state index contributed by atoms with van der Waals surface area (Å²) < 4.78 is 20.4. The summed E-state index contributed by atoms with van der Waals surface area (Å²) in [5, 5.41) is 24.9. The zero-order valence-electron chi connectivity index (χ0n) is 26.4. The van der Waals surface area contributed by atoms with E-state index >= 15 is 0 Å². The van der Waals surface area contributed by atoms with Gasteiger partial charge in [-0.05, 0) is 57.7 Å². The van der Waals surface area contributed by atoms with Crippen molar-refractivity contribution in [2.24, 2.45) is 5.92 Å². The van der Waals surface area contributed by atoms with Gasteiger partial charge in [0.05, 0.1) is 24.5 Å². The zero-order chi connectivity index (χ0) is 32.2. The van der Waals surface area contributed by atoms with Crippen LogP contribution in [0, 0.1) is 5.92 Å². The number of anilines is 2. The van der Waals surface area contributed by atoms with E-state index in [2.05, 4.69) is 41.5 Å². The highest BCUT2D eigenvalue weighted by molar-refractivity contribution is 6.01. The van der Waals surface area contributed by atoms with Crippen molar-refractivity contribution in [3.63, 3.8) is 0 Å². The van der Waals surface area contributed by atoms with Gasteiger partial charge in [0.2, 0.25) is 0 Å². The predicted octanol–water partition coefficient (Wildman–Crippen LogP) is 5.16. The first-order valence-corrected chi connectivity index (χ1v) is 15.0. The number of aliphatic hydroxyl groups is 1. The molecule has 12 heteroatoms. The Labute approximate surface area is 257 Å². The summed E-state index contributed by atoms with van der Waals surface area (Å²) in [5.41, 5.74) is 3.33. The number of piperidine rings is 1. The molecule has 1 aliphatic heterocycles. The predicted molar refractivity (Wildman–Crippen MR) is 168 cm³/mol. The summed E-state index contributed by atoms with van der Waals surface area (Å²) in [6.45, 7) is 16.5. The van der Waals surface area contributed by atoms with Crippen LogP contribution in [0.2, 0.25) is 0 Å². The average molecular weight is 610 g/mol. The molecular formula is C32H44FN7O4. The second-order valence-electron chi connectivity index (χ2n) is 12.6. The van der Waals surface area contributed by atoms with Crippen LogP contribution in [-0.4, -0.2) is 67.9 Å². The summed E-state index contributed by atoms with van der Waals surface area (Å²) in [6.07, 6.45) is 1.40. The Kier molecular flexibility index (Phi) is 10.3. The Morgan fingerprint density at radius 1 is 1.23 bits per heavy atom. The van der Waals surface area contributed by atoms with Crippen LogP contribution in [0.1, 0.15) is 76.7 Å². The van der Waals surface area contributed by atoms with E-state index < -0.39 is 29.5 Å². The van der Waals surface area contributed by atoms with Crippen molar-refractivity contribution in [1.29, 1.82) is 0 Å². The van der Waals surface area contributed by atoms with E-state index in [1.54, 1.807) is 27.6 Å². The maximum absolute atomic E-state index is 13.2. The minimum absolute atomic E-state index is 0.0269. The van der Waals surface area contributed by atoms with Crippen LogP contribution in [0.4, 0.5) is 20.7 Å². The molecule has 1 aromatic carbocycles. The molecule has 0 bridgehead atoms. The van der Waals surface area contributed by atoms with E-state index in [0.717, 1.165) is 28.3 Å². The Bertz CT molecular complexity index is 1500. The second-order valence-corrected chi connectivity index (χ2v) is 12.6. The monoisotopic (exact) mass is 609 g/mol. The van der Waals surface area contributed by atoms with Gasteiger partial charge < -0.3 is 30.7 Å². The third-order valence-corrected chi connectivity index (χ3v) is 7.55. The van der Waals surface area contributed by atoms with Crippen molar-refractivity contribution < 1.29 is 23.8 Å². The molecule has 2 amide bonds. The van der Waals surface area contributed by atoms with E-state index in [-0.39, 0.29) is 24.4 Å². The number of amides is 2. The van der Waals surface area contributed by atoms with E-state index in [4.69, 9.17) is 9.72 Å². The molecule has 2 aromatic heterocycles. The number of hydrogen-bond donors (Lipinski definition) is 4. The number of β-amino-alcohol motifs (C(OH)–C–C–N with tert-alkyl or cyclic N) is 1. The third-order valence-electron chi connectivity index (χ3n) is 7.55. The van der Waals surface area contributed by atoms with E-state index in [9.17, 15) is 19.1 Å². The van der Waals surface area contributed by atoms with Crippen LogP contribution in [0.3, 0.4) is 0 Å². The van der Waals surface area contributed by atoms with Gasteiger partial charge in [0.15, 0.2) is 11.5 Å². The van der Waals surface area contributed by atoms with Gasteiger partial charge in [0.1, 0.15) is 11.4 Å². The average Bonchev–Trinajstić information content (AvgIpc) is 3.39. The number of aliphatic hydroxyl groups excluding tert-OH is 1. The Balaban J connectivity index is 1.46. The molecule has 4 N–H and O–H groups in total. The van der Waals surface area contributed by atoms with Crippen molar-refractivity contribution in [3.05, 3.63) is 65.8 Å². The van der Waals surface area contributed by atoms with Crippen LogP contribution in [-0.2, 0) is 16.1 Å². The second kappa shape index (κ2) is 13.7. The van der Waals surface area contributed by atoms with Gasteiger partial charge in [-0.3, -0.25) is 4.79 Å². The van der Waals surface area contributed by atoms with Crippen molar-refractivity contribution in [2.45, 2.75) is 78.2 Å². The van der Waals surface area contributed by atoms with Gasteiger partial charge in [-0.1, -0.05) is 32.6 Å². The number of carbonyl (C=O) groups excluding carboxylic acids is 2. The first-order chi connectivity index (χ1) is 20.7. The molecule has 0 aliphatic carbocycles. The van der Waals surface area contributed by atoms with Crippen LogP contribution in [0.15, 0.2) is 48.9 Å². The topological polar surface area (TPSA) is 133 Å². The van der Waals surface area contributed by atoms with Crippen LogP contribution in [0.25, 0.3) is 5.65 Å². The lowest BCUT2D eigenvalue weighted by Gasteiger charge is -2.37. The minimum Gasteiger partial charge on any atom is -0.444 e. The number of rotatable bonds is 10. The molecule has 0 saturated carbocycles. The normalized spacial score (nSPS) is 17.9. The number of fused-ring (bicyclic) bond motifs is 1. The van der Waals surface area contributed by atoms with Gasteiger partial charge in [0.25, 0.3) is 5.91 Å². The summed E-state index contributed by atoms with van der Waals surface area (Å²) in [6, 6.07) is 8.93. The highest BCUT2D eigenvalue weighted by Gasteiger charge is 2.32. The Hall–Kier alpha value is -4.03. The number of benzene rings is 1. The standard InChI is InChI=1S/C32H44FN7O4/c1-19(2)25-17-36-40-28(35-15-22-9-8-10-24(13-22)37-30(42)20(3)33)14-26(38-29(25)40)21(4)34-16-23-11-12-39(18-27(23)41)31(43)44-32(5,6)7/h8-10,13-14,17,19,21,23,27,34-35,41H,3,11-12,15-16,18H2,1-2,4-7H3,(H,37,42)/t21?,23-,27+/m1/s1. The molecule has 3 atom stereocenters. The lowest BCUT2D eigenvalue weighted by atomic mass is 9.93. The summed E-state index contributed by atoms with van der Waals surface area (Å²) in [7, 11) is 0. The fraction of sp³-hybridized carbons (Fsp3) is 0.500. The largest absolute Gasteiger partial charge is 0.444 e. The van der Waals surface area contributed by atoms with Gasteiger partial charge in [-0.2, -0.15) is 9.61 Å². The van der Waals surface area contributed by atoms with Crippen molar-refractivity contribution in [2.75, 3.05) is 30.3 Å². The minimum atomic E-state index is -1.05. The number of hydrogen-bond acceptors (Lipinski definition) is 8. The number of aromatic nitrogens is 3. The molecule has 11 nitrogen and oxygen atoms in total. The fourth-order valence-electron chi connectivity index (χ4n) is 5.05. The smallest absolute Gasteiger partial charge is 0.410 e. The molecule has 1 fully saturated rings. The van der Waals surface area contributed by atoms with E-state index in [0.29, 0.717) is 31.7 Å². The molecule has 3 heterocycles. The Morgan fingerprint density at radius 3 is 2.64 bits per heavy atom. The van der Waals surface area contributed by atoms with Crippen LogP contribution in [0.5, 0.6) is 0 Å². The van der Waals surface area contributed by atoms with E-state index in [1.807, 2.05) is 46.0 Å². The lowest BCUT2D eigenvalue weighted by Crippen LogP contribution is -2.50. The molecule has 3 aromatic rings. The number of likely N-dealkylation sites (tertiary alicyclic amines) is 1. The van der Waals surface area contributed by atoms with Gasteiger partial charge in [0, 0.05) is 48.9 Å². The SMILES string of the molecule is C=C(F)C(=O)Nc1cccc(CNc2cc(C(C)NC[C@H]3CCN(C(=O)OC(C)(C)C)C[C@@H]3O)nc3c(C(C)C)cnn23)c1. The molecule has 1 unspecified atom stereocenters. The first kappa shape index (κ1) is 32.9. The summed E-state index contributed by atoms with van der Waals surface area (Å²) in [4.78, 5) is 30.7. The molecule has 0 radical (unpaired) electrons. The van der Waals surface area contributed by atoms with Crippen LogP contribution < -0.4 is 16.0 Å². The summed E-state index contributed by atoms with van der Waals surface area (Å²) in [5.74, 6) is -1.01. The Morgan fingerprint density at radius 2 is 1.98 bits per heavy atom. The molecule has 0 spiro atoms. The molecule has 1 saturated heterocycles. The summed E-state index contributed by atoms with van der Waals surface area (Å²) >= 11 is 0. The maximum atomic E-state index is 13.2. The number of halogens is 1. The van der Waals surface area contributed by atoms with Crippen molar-refractivity contribution in [3.8, 4) is 0 Å². The maximum Gasteiger partial charge on any atom is 0.410 e. The fourth-order valence-corrected chi connectivity index (χ4v) is 5.05. The highest BCUT2D eigenvalue weighted by atomic mass is 19.1. The lowest BCUT2D eigenvalue weighted by molar-refractivity contribution is -0.114. The van der Waals surface area contributed by atoms with Gasteiger partial charge in [-0.25, -0.2) is 14.2 Å². The van der Waals surface area contributed by atoms with E-state index in [1.165, 1.54) is 0 Å². The first-order valence-electron chi connectivity index (χ1n) is 15.0. The van der Waals surface area contributed by atoms with Gasteiger partial charge >= 0.3 is 6.09 Å². The van der Waals surface area contributed by atoms with Crippen molar-refractivity contribution >= 4 is 29.2 Å². The number of nitrogens with one attached hydrogen (secondary N) is 3. The zero-order valence-corrected chi connectivity index (χ0v) is 26.4. The molecule has 238 valence electrons. The molecule has 44 heavy (non-hydrogen) atoms. The number of ether oxygens (including phenoxy) is 1.